The molecule has 1 aromatic rings. The van der Waals surface area contributed by atoms with Crippen molar-refractivity contribution in [2.75, 3.05) is 20.2 Å². The Labute approximate surface area is 135 Å². The quantitative estimate of drug-likeness (QED) is 0.733. The van der Waals surface area contributed by atoms with Gasteiger partial charge in [-0.25, -0.2) is 4.79 Å². The van der Waals surface area contributed by atoms with Crippen molar-refractivity contribution in [3.63, 3.8) is 0 Å². The van der Waals surface area contributed by atoms with E-state index in [1.165, 1.54) is 18.7 Å². The van der Waals surface area contributed by atoms with Crippen LogP contribution in [0.15, 0.2) is 24.3 Å². The summed E-state index contributed by atoms with van der Waals surface area (Å²) in [6, 6.07) is 6.03. The highest BCUT2D eigenvalue weighted by molar-refractivity contribution is 5.84. The van der Waals surface area contributed by atoms with Crippen molar-refractivity contribution in [2.24, 2.45) is 0 Å². The molecule has 126 valence electrons. The normalized spacial score (nSPS) is 11.4. The molecule has 2 amide bonds. The molecule has 2 N–H and O–H groups in total. The summed E-state index contributed by atoms with van der Waals surface area (Å²) in [5.74, 6) is -0.940. The molecule has 1 unspecified atom stereocenters. The first-order valence-corrected chi connectivity index (χ1v) is 7.24. The van der Waals surface area contributed by atoms with Crippen molar-refractivity contribution in [1.29, 1.82) is 0 Å². The molecule has 1 atom stereocenters. The lowest BCUT2D eigenvalue weighted by atomic mass is 10.1. The Morgan fingerprint density at radius 2 is 1.87 bits per heavy atom. The van der Waals surface area contributed by atoms with Crippen LogP contribution < -0.4 is 10.1 Å². The van der Waals surface area contributed by atoms with Gasteiger partial charge in [0.05, 0.1) is 13.5 Å². The van der Waals surface area contributed by atoms with Gasteiger partial charge in [-0.1, -0.05) is 12.1 Å². The molecule has 0 saturated carbocycles. The molecule has 1 aromatic carbocycles. The predicted octanol–water partition coefficient (Wildman–Crippen LogP) is 0.675. The molecule has 0 aliphatic heterocycles. The Balaban J connectivity index is 2.76. The van der Waals surface area contributed by atoms with Crippen LogP contribution in [-0.4, -0.2) is 54.0 Å². The first-order valence-electron chi connectivity index (χ1n) is 7.24. The smallest absolute Gasteiger partial charge is 0.326 e. The number of methoxy groups -OCH3 is 1. The molecule has 1 rings (SSSR count). The minimum Gasteiger partial charge on any atom is -0.497 e. The van der Waals surface area contributed by atoms with Crippen LogP contribution in [-0.2, 0) is 20.8 Å². The number of nitrogens with zero attached hydrogens (tertiary/aromatic N) is 1. The van der Waals surface area contributed by atoms with E-state index in [-0.39, 0.29) is 31.3 Å². The molecular weight excluding hydrogens is 300 g/mol. The van der Waals surface area contributed by atoms with Crippen LogP contribution in [0.3, 0.4) is 0 Å². The molecule has 0 radical (unpaired) electrons. The second kappa shape index (κ2) is 8.77. The van der Waals surface area contributed by atoms with Crippen molar-refractivity contribution in [1.82, 2.24) is 10.2 Å². The van der Waals surface area contributed by atoms with E-state index >= 15 is 0 Å². The Hall–Kier alpha value is -2.57. The number of carbonyl (C=O) groups is 3. The van der Waals surface area contributed by atoms with Crippen molar-refractivity contribution in [3.05, 3.63) is 29.8 Å². The van der Waals surface area contributed by atoms with Crippen LogP contribution in [0.1, 0.15) is 19.4 Å². The van der Waals surface area contributed by atoms with Gasteiger partial charge < -0.3 is 20.1 Å². The molecule has 7 heteroatoms. The topological polar surface area (TPSA) is 95.9 Å². The summed E-state index contributed by atoms with van der Waals surface area (Å²) in [7, 11) is 1.55. The summed E-state index contributed by atoms with van der Waals surface area (Å²) in [5, 5.41) is 11.7. The van der Waals surface area contributed by atoms with E-state index in [1.54, 1.807) is 31.4 Å². The van der Waals surface area contributed by atoms with Gasteiger partial charge >= 0.3 is 5.97 Å². The summed E-state index contributed by atoms with van der Waals surface area (Å²) in [4.78, 5) is 35.7. The molecular formula is C16H22N2O5. The van der Waals surface area contributed by atoms with E-state index in [0.29, 0.717) is 5.75 Å². The fraction of sp³-hybridized carbons (Fsp3) is 0.438. The van der Waals surface area contributed by atoms with Crippen LogP contribution in [0.4, 0.5) is 0 Å². The maximum atomic E-state index is 12.4. The molecule has 0 bridgehead atoms. The number of hydrogen-bond acceptors (Lipinski definition) is 4. The second-order valence-corrected chi connectivity index (χ2v) is 5.11. The van der Waals surface area contributed by atoms with Crippen molar-refractivity contribution >= 4 is 17.8 Å². The molecule has 0 aliphatic carbocycles. The molecule has 0 aliphatic rings. The zero-order valence-corrected chi connectivity index (χ0v) is 13.5. The van der Waals surface area contributed by atoms with E-state index in [1.807, 2.05) is 0 Å². The number of carboxylic acid groups (broad SMARTS) is 1. The van der Waals surface area contributed by atoms with Crippen LogP contribution in [0.5, 0.6) is 5.75 Å². The molecule has 0 spiro atoms. The Kier molecular flexibility index (Phi) is 7.05. The highest BCUT2D eigenvalue weighted by Crippen LogP contribution is 2.13. The average Bonchev–Trinajstić information content (AvgIpc) is 2.51. The zero-order valence-electron chi connectivity index (χ0n) is 13.5. The summed E-state index contributed by atoms with van der Waals surface area (Å²) in [6.45, 7) is 3.16. The fourth-order valence-corrected chi connectivity index (χ4v) is 2.04. The minimum atomic E-state index is -1.09. The molecule has 0 heterocycles. The van der Waals surface area contributed by atoms with Crippen LogP contribution >= 0.6 is 0 Å². The van der Waals surface area contributed by atoms with Crippen molar-refractivity contribution in [2.45, 2.75) is 26.3 Å². The zero-order chi connectivity index (χ0) is 17.4. The molecule has 0 aromatic heterocycles. The summed E-state index contributed by atoms with van der Waals surface area (Å²) >= 11 is 0. The van der Waals surface area contributed by atoms with Gasteiger partial charge in [-0.3, -0.25) is 9.59 Å². The third-order valence-electron chi connectivity index (χ3n) is 3.39. The number of aliphatic carboxylic acids is 1. The standard InChI is InChI=1S/C16H22N2O5/c1-11(16(21)22)18(9-8-17-12(2)19)15(20)10-13-4-6-14(23-3)7-5-13/h4-7,11H,8-10H2,1-3H3,(H,17,19)(H,21,22). The lowest BCUT2D eigenvalue weighted by Crippen LogP contribution is -2.47. The summed E-state index contributed by atoms with van der Waals surface area (Å²) in [6.07, 6.45) is 0.0850. The number of ether oxygens (including phenoxy) is 1. The number of nitrogens with one attached hydrogen (secondary N) is 1. The van der Waals surface area contributed by atoms with Gasteiger partial charge in [0.15, 0.2) is 0 Å². The highest BCUT2D eigenvalue weighted by Gasteiger charge is 2.25. The van der Waals surface area contributed by atoms with Crippen molar-refractivity contribution < 1.29 is 24.2 Å². The largest absolute Gasteiger partial charge is 0.497 e. The number of carboxylic acids is 1. The van der Waals surface area contributed by atoms with Crippen LogP contribution in [0, 0.1) is 0 Å². The number of hydrogen-bond donors (Lipinski definition) is 2. The maximum absolute atomic E-state index is 12.4. The first-order chi connectivity index (χ1) is 10.8. The number of benzene rings is 1. The lowest BCUT2D eigenvalue weighted by molar-refractivity contribution is -0.149. The van der Waals surface area contributed by atoms with E-state index in [0.717, 1.165) is 5.56 Å². The maximum Gasteiger partial charge on any atom is 0.326 e. The highest BCUT2D eigenvalue weighted by atomic mass is 16.5. The summed E-state index contributed by atoms with van der Waals surface area (Å²) in [5.41, 5.74) is 0.762. The van der Waals surface area contributed by atoms with E-state index < -0.39 is 12.0 Å². The number of amides is 2. The van der Waals surface area contributed by atoms with Crippen LogP contribution in [0.25, 0.3) is 0 Å². The Morgan fingerprint density at radius 1 is 1.26 bits per heavy atom. The van der Waals surface area contributed by atoms with Gasteiger partial charge in [0, 0.05) is 20.0 Å². The third kappa shape index (κ3) is 5.98. The molecule has 0 saturated heterocycles. The minimum absolute atomic E-state index is 0.0850. The number of rotatable bonds is 8. The SMILES string of the molecule is COc1ccc(CC(=O)N(CCNC(C)=O)C(C)C(=O)O)cc1. The fourth-order valence-electron chi connectivity index (χ4n) is 2.04. The lowest BCUT2D eigenvalue weighted by Gasteiger charge is -2.26. The second-order valence-electron chi connectivity index (χ2n) is 5.11. The average molecular weight is 322 g/mol. The van der Waals surface area contributed by atoms with E-state index in [2.05, 4.69) is 5.32 Å². The van der Waals surface area contributed by atoms with Crippen LogP contribution in [0.2, 0.25) is 0 Å². The monoisotopic (exact) mass is 322 g/mol. The summed E-state index contributed by atoms with van der Waals surface area (Å²) < 4.78 is 5.05. The molecule has 7 nitrogen and oxygen atoms in total. The predicted molar refractivity (Wildman–Crippen MR) is 84.2 cm³/mol. The van der Waals surface area contributed by atoms with E-state index in [4.69, 9.17) is 9.84 Å². The Bertz CT molecular complexity index is 556. The number of carbonyl (C=O) groups excluding carboxylic acids is 2. The Morgan fingerprint density at radius 3 is 2.35 bits per heavy atom. The van der Waals surface area contributed by atoms with Gasteiger partial charge in [-0.2, -0.15) is 0 Å². The molecule has 0 fully saturated rings. The first kappa shape index (κ1) is 18.5. The van der Waals surface area contributed by atoms with Gasteiger partial charge in [-0.15, -0.1) is 0 Å². The third-order valence-corrected chi connectivity index (χ3v) is 3.39. The van der Waals surface area contributed by atoms with Gasteiger partial charge in [0.25, 0.3) is 0 Å². The molecule has 23 heavy (non-hydrogen) atoms. The van der Waals surface area contributed by atoms with E-state index in [9.17, 15) is 14.4 Å². The van der Waals surface area contributed by atoms with Gasteiger partial charge in [0.2, 0.25) is 11.8 Å². The van der Waals surface area contributed by atoms with Crippen molar-refractivity contribution in [3.8, 4) is 5.75 Å². The van der Waals surface area contributed by atoms with Gasteiger partial charge in [-0.05, 0) is 24.6 Å². The van der Waals surface area contributed by atoms with Gasteiger partial charge in [0.1, 0.15) is 11.8 Å².